The standard InChI is InChI=1S/C19H21ClNO8PS/c1-10(22)11-4-5-14-13(8-11)15(21-18(23)12-6-7-31-17(12)20)16(19(2,3)29-14)27-9-28-30(24,25)26/h4-8,15-16H,9H2,1-3H3,(H,21,23)(H2,24,25,26)/p-1/t15-,16-/m0/s1. The Morgan fingerprint density at radius 1 is 1.39 bits per heavy atom. The number of rotatable bonds is 7. The Kier molecular flexibility index (Phi) is 6.93. The van der Waals surface area contributed by atoms with E-state index in [9.17, 15) is 19.0 Å². The average molecular weight is 489 g/mol. The largest absolute Gasteiger partial charge is 0.756 e. The molecule has 168 valence electrons. The highest BCUT2D eigenvalue weighted by atomic mass is 35.5. The molecule has 0 spiro atoms. The van der Waals surface area contributed by atoms with E-state index in [0.717, 1.165) is 0 Å². The molecule has 0 bridgehead atoms. The van der Waals surface area contributed by atoms with Gasteiger partial charge in [-0.2, -0.15) is 0 Å². The van der Waals surface area contributed by atoms with Crippen molar-refractivity contribution in [2.24, 2.45) is 0 Å². The normalized spacial score (nSPS) is 21.5. The zero-order valence-corrected chi connectivity index (χ0v) is 19.3. The van der Waals surface area contributed by atoms with Crippen molar-refractivity contribution in [2.75, 3.05) is 6.79 Å². The number of amides is 1. The minimum atomic E-state index is -5.02. The van der Waals surface area contributed by atoms with Crippen molar-refractivity contribution in [1.29, 1.82) is 0 Å². The quantitative estimate of drug-likeness (QED) is 0.345. The maximum atomic E-state index is 12.9. The summed E-state index contributed by atoms with van der Waals surface area (Å²) < 4.78 is 27.1. The van der Waals surface area contributed by atoms with E-state index in [2.05, 4.69) is 9.84 Å². The molecule has 3 rings (SSSR count). The summed E-state index contributed by atoms with van der Waals surface area (Å²) in [6.07, 6.45) is -0.949. The highest BCUT2D eigenvalue weighted by molar-refractivity contribution is 7.44. The van der Waals surface area contributed by atoms with Gasteiger partial charge < -0.3 is 24.6 Å². The van der Waals surface area contributed by atoms with Crippen LogP contribution in [0, 0.1) is 0 Å². The molecule has 1 amide bonds. The number of ether oxygens (including phenoxy) is 2. The van der Waals surface area contributed by atoms with Gasteiger partial charge in [0.25, 0.3) is 13.7 Å². The number of fused-ring (bicyclic) bond motifs is 1. The molecule has 0 saturated heterocycles. The molecule has 12 heteroatoms. The number of hydrogen-bond donors (Lipinski definition) is 2. The average Bonchev–Trinajstić information content (AvgIpc) is 3.08. The molecular weight excluding hydrogens is 469 g/mol. The number of hydrogen-bond acceptors (Lipinski definition) is 8. The van der Waals surface area contributed by atoms with Gasteiger partial charge in [0, 0.05) is 11.1 Å². The van der Waals surface area contributed by atoms with Gasteiger partial charge in [0.1, 0.15) is 21.8 Å². The number of benzene rings is 1. The van der Waals surface area contributed by atoms with Gasteiger partial charge in [0.15, 0.2) is 12.6 Å². The molecule has 0 saturated carbocycles. The molecule has 2 aromatic rings. The molecule has 0 aliphatic carbocycles. The Morgan fingerprint density at radius 2 is 2.10 bits per heavy atom. The molecule has 0 radical (unpaired) electrons. The van der Waals surface area contributed by atoms with E-state index in [1.165, 1.54) is 18.3 Å². The molecule has 2 N–H and O–H groups in total. The van der Waals surface area contributed by atoms with E-state index in [1.54, 1.807) is 43.5 Å². The van der Waals surface area contributed by atoms with Crippen LogP contribution in [0.25, 0.3) is 0 Å². The molecule has 1 aromatic carbocycles. The predicted molar refractivity (Wildman–Crippen MR) is 111 cm³/mol. The Bertz CT molecular complexity index is 1050. The van der Waals surface area contributed by atoms with Gasteiger partial charge in [0.2, 0.25) is 0 Å². The molecule has 1 aliphatic heterocycles. The lowest BCUT2D eigenvalue weighted by molar-refractivity contribution is -0.234. The van der Waals surface area contributed by atoms with Gasteiger partial charge in [-0.25, -0.2) is 0 Å². The Balaban J connectivity index is 2.00. The van der Waals surface area contributed by atoms with Gasteiger partial charge in [-0.1, -0.05) is 11.6 Å². The van der Waals surface area contributed by atoms with Crippen molar-refractivity contribution >= 4 is 42.5 Å². The highest BCUT2D eigenvalue weighted by Crippen LogP contribution is 2.43. The summed E-state index contributed by atoms with van der Waals surface area (Å²) in [6.45, 7) is 3.98. The first kappa shape index (κ1) is 23.9. The molecule has 1 aromatic heterocycles. The Morgan fingerprint density at radius 3 is 2.68 bits per heavy atom. The minimum Gasteiger partial charge on any atom is -0.756 e. The zero-order valence-electron chi connectivity index (χ0n) is 16.8. The van der Waals surface area contributed by atoms with E-state index in [4.69, 9.17) is 26.0 Å². The van der Waals surface area contributed by atoms with Crippen LogP contribution in [-0.2, 0) is 13.8 Å². The van der Waals surface area contributed by atoms with Gasteiger partial charge in [0.05, 0.1) is 11.6 Å². The molecule has 3 atom stereocenters. The number of Topliss-reactive ketones (excluding diaryl/α,β-unsaturated/α-hetero) is 1. The third-order valence-electron chi connectivity index (χ3n) is 4.72. The van der Waals surface area contributed by atoms with Crippen molar-refractivity contribution in [3.05, 3.63) is 50.7 Å². The van der Waals surface area contributed by atoms with E-state index in [1.807, 2.05) is 0 Å². The van der Waals surface area contributed by atoms with Crippen LogP contribution in [0.3, 0.4) is 0 Å². The van der Waals surface area contributed by atoms with Gasteiger partial charge in [-0.3, -0.25) is 18.7 Å². The van der Waals surface area contributed by atoms with E-state index in [-0.39, 0.29) is 11.3 Å². The highest BCUT2D eigenvalue weighted by Gasteiger charge is 2.46. The maximum Gasteiger partial charge on any atom is 0.267 e. The molecule has 1 unspecified atom stereocenters. The molecule has 1 aliphatic rings. The topological polar surface area (TPSA) is 134 Å². The first-order valence-corrected chi connectivity index (χ1v) is 11.8. The van der Waals surface area contributed by atoms with Crippen LogP contribution >= 0.6 is 30.8 Å². The second-order valence-corrected chi connectivity index (χ2v) is 10.1. The minimum absolute atomic E-state index is 0.188. The van der Waals surface area contributed by atoms with Crippen LogP contribution in [0.5, 0.6) is 5.75 Å². The van der Waals surface area contributed by atoms with Crippen molar-refractivity contribution in [3.8, 4) is 5.75 Å². The Labute approximate surface area is 187 Å². The monoisotopic (exact) mass is 488 g/mol. The van der Waals surface area contributed by atoms with Gasteiger partial charge in [-0.15, -0.1) is 11.3 Å². The van der Waals surface area contributed by atoms with Crippen LogP contribution in [0.2, 0.25) is 4.34 Å². The van der Waals surface area contributed by atoms with Crippen molar-refractivity contribution in [1.82, 2.24) is 5.32 Å². The van der Waals surface area contributed by atoms with Crippen molar-refractivity contribution in [2.45, 2.75) is 38.5 Å². The predicted octanol–water partition coefficient (Wildman–Crippen LogP) is 3.07. The molecule has 2 heterocycles. The van der Waals surface area contributed by atoms with Gasteiger partial charge >= 0.3 is 0 Å². The molecule has 0 fully saturated rings. The second kappa shape index (κ2) is 8.99. The van der Waals surface area contributed by atoms with Crippen LogP contribution in [-0.4, -0.2) is 35.1 Å². The van der Waals surface area contributed by atoms with E-state index < -0.39 is 38.3 Å². The number of halogens is 1. The number of thiophene rings is 1. The summed E-state index contributed by atoms with van der Waals surface area (Å²) in [7, 11) is -5.02. The maximum absolute atomic E-state index is 12.9. The number of nitrogens with one attached hydrogen (secondary N) is 1. The summed E-state index contributed by atoms with van der Waals surface area (Å²) in [5.74, 6) is -0.250. The molecular formula is C19H20ClNO8PS-. The summed E-state index contributed by atoms with van der Waals surface area (Å²) in [6, 6.07) is 5.52. The Hall–Kier alpha value is -1.78. The number of phosphoric acid groups is 1. The molecule has 9 nitrogen and oxygen atoms in total. The van der Waals surface area contributed by atoms with Crippen molar-refractivity contribution in [3.63, 3.8) is 0 Å². The number of carbonyl (C=O) groups excluding carboxylic acids is 2. The van der Waals surface area contributed by atoms with E-state index in [0.29, 0.717) is 21.2 Å². The number of carbonyl (C=O) groups is 2. The summed E-state index contributed by atoms with van der Waals surface area (Å²) in [5.41, 5.74) is 0.0669. The summed E-state index contributed by atoms with van der Waals surface area (Å²) in [4.78, 5) is 44.6. The lowest BCUT2D eigenvalue weighted by atomic mass is 9.85. The summed E-state index contributed by atoms with van der Waals surface area (Å²) >= 11 is 7.28. The fourth-order valence-corrected chi connectivity index (χ4v) is 4.41. The van der Waals surface area contributed by atoms with Crippen LogP contribution in [0.1, 0.15) is 53.1 Å². The third-order valence-corrected chi connectivity index (χ3v) is 6.33. The van der Waals surface area contributed by atoms with Crippen molar-refractivity contribution < 1.29 is 37.9 Å². The lowest BCUT2D eigenvalue weighted by Gasteiger charge is -2.44. The van der Waals surface area contributed by atoms with Gasteiger partial charge in [-0.05, 0) is 50.4 Å². The second-order valence-electron chi connectivity index (χ2n) is 7.38. The molecule has 31 heavy (non-hydrogen) atoms. The summed E-state index contributed by atoms with van der Waals surface area (Å²) in [5, 5.41) is 4.51. The zero-order chi connectivity index (χ0) is 23.0. The third kappa shape index (κ3) is 5.53. The number of phosphoric ester groups is 1. The lowest BCUT2D eigenvalue weighted by Crippen LogP contribution is -2.55. The first-order chi connectivity index (χ1) is 14.4. The van der Waals surface area contributed by atoms with E-state index >= 15 is 0 Å². The van der Waals surface area contributed by atoms with Crippen LogP contribution < -0.4 is 14.9 Å². The van der Waals surface area contributed by atoms with Crippen LogP contribution in [0.4, 0.5) is 0 Å². The number of ketones is 1. The smallest absolute Gasteiger partial charge is 0.267 e. The first-order valence-electron chi connectivity index (χ1n) is 9.07. The fraction of sp³-hybridized carbons (Fsp3) is 0.368. The van der Waals surface area contributed by atoms with Crippen LogP contribution in [0.15, 0.2) is 29.6 Å². The SMILES string of the molecule is CC(=O)c1ccc2c(c1)[C@H](NC(=O)c1ccsc1Cl)[C@H](OCOP(=O)([O-])O)C(C)(C)O2. The fourth-order valence-electron chi connectivity index (χ4n) is 3.30.